The molecular weight excluding hydrogens is 347 g/mol. The van der Waals surface area contributed by atoms with Crippen LogP contribution in [0.3, 0.4) is 0 Å². The Morgan fingerprint density at radius 2 is 1.83 bits per heavy atom. The summed E-state index contributed by atoms with van der Waals surface area (Å²) in [5, 5.41) is 5.39. The van der Waals surface area contributed by atoms with E-state index in [0.29, 0.717) is 25.6 Å². The van der Waals surface area contributed by atoms with Gasteiger partial charge in [-0.15, -0.1) is 0 Å². The van der Waals surface area contributed by atoms with Gasteiger partial charge in [-0.25, -0.2) is 8.42 Å². The zero-order valence-electron chi connectivity index (χ0n) is 13.3. The molecule has 0 aliphatic rings. The molecule has 1 aromatic carbocycles. The maximum absolute atomic E-state index is 12.9. The Balaban J connectivity index is 2.85. The Hall–Kier alpha value is -1.65. The molecule has 0 heterocycles. The smallest absolute Gasteiger partial charge is 0.355 e. The topological polar surface area (TPSA) is 87.3 Å². The van der Waals surface area contributed by atoms with Gasteiger partial charge in [-0.3, -0.25) is 4.79 Å². The number of nitrogens with one attached hydrogen (secondary N) is 3. The number of sulfonamides is 1. The first-order chi connectivity index (χ1) is 11.1. The normalized spacial score (nSPS) is 13.5. The lowest BCUT2D eigenvalue weighted by atomic mass is 10.2. The number of benzene rings is 1. The van der Waals surface area contributed by atoms with Gasteiger partial charge in [0.2, 0.25) is 15.9 Å². The highest BCUT2D eigenvalue weighted by Gasteiger charge is 2.37. The summed E-state index contributed by atoms with van der Waals surface area (Å²) in [7, 11) is -2.75. The molecule has 0 aliphatic carbocycles. The second-order valence-electron chi connectivity index (χ2n) is 5.09. The van der Waals surface area contributed by atoms with E-state index in [2.05, 4.69) is 10.6 Å². The average Bonchev–Trinajstić information content (AvgIpc) is 2.50. The van der Waals surface area contributed by atoms with Crippen LogP contribution < -0.4 is 15.4 Å². The average molecular weight is 367 g/mol. The summed E-state index contributed by atoms with van der Waals surface area (Å²) < 4.78 is 65.2. The first-order valence-corrected chi connectivity index (χ1v) is 8.68. The molecule has 0 aliphatic heterocycles. The first-order valence-electron chi connectivity index (χ1n) is 7.20. The number of hydrogen-bond acceptors (Lipinski definition) is 4. The molecule has 0 fully saturated rings. The molecule has 24 heavy (non-hydrogen) atoms. The van der Waals surface area contributed by atoms with Crippen molar-refractivity contribution < 1.29 is 26.4 Å². The molecule has 3 N–H and O–H groups in total. The largest absolute Gasteiger partial charge is 0.417 e. The van der Waals surface area contributed by atoms with Crippen molar-refractivity contribution >= 4 is 15.9 Å². The van der Waals surface area contributed by atoms with Gasteiger partial charge in [0.25, 0.3) is 0 Å². The van der Waals surface area contributed by atoms with E-state index in [-0.39, 0.29) is 0 Å². The van der Waals surface area contributed by atoms with E-state index in [1.807, 2.05) is 4.72 Å². The van der Waals surface area contributed by atoms with Crippen molar-refractivity contribution in [3.8, 4) is 0 Å². The van der Waals surface area contributed by atoms with Crippen LogP contribution in [0.4, 0.5) is 13.2 Å². The molecule has 0 radical (unpaired) electrons. The summed E-state index contributed by atoms with van der Waals surface area (Å²) in [6.07, 6.45) is -4.18. The summed E-state index contributed by atoms with van der Waals surface area (Å²) in [5.41, 5.74) is -1.28. The zero-order chi connectivity index (χ0) is 18.4. The van der Waals surface area contributed by atoms with Crippen molar-refractivity contribution in [2.24, 2.45) is 0 Å². The summed E-state index contributed by atoms with van der Waals surface area (Å²) in [5.74, 6) is -0.612. The van der Waals surface area contributed by atoms with Gasteiger partial charge in [0.05, 0.1) is 16.5 Å². The Labute approximate surface area is 138 Å². The van der Waals surface area contributed by atoms with E-state index in [1.165, 1.54) is 13.0 Å². The standard InChI is InChI=1S/C14H20F3N3O3S/c1-10(13(21)19-9-5-8-18-2)20-24(22,23)12-7-4-3-6-11(12)14(15,16)17/h3-4,6-7,10,18,20H,5,8-9H2,1-2H3,(H,19,21). The molecule has 1 atom stereocenters. The van der Waals surface area contributed by atoms with Gasteiger partial charge in [-0.1, -0.05) is 12.1 Å². The molecule has 0 bridgehead atoms. The molecule has 136 valence electrons. The van der Waals surface area contributed by atoms with Gasteiger partial charge < -0.3 is 10.6 Å². The third-order valence-corrected chi connectivity index (χ3v) is 4.71. The number of rotatable bonds is 8. The second kappa shape index (κ2) is 8.45. The van der Waals surface area contributed by atoms with Crippen LogP contribution >= 0.6 is 0 Å². The van der Waals surface area contributed by atoms with Crippen molar-refractivity contribution in [1.82, 2.24) is 15.4 Å². The van der Waals surface area contributed by atoms with Gasteiger partial charge in [0.1, 0.15) is 0 Å². The van der Waals surface area contributed by atoms with Gasteiger partial charge in [0, 0.05) is 6.54 Å². The van der Waals surface area contributed by atoms with Gasteiger partial charge in [0.15, 0.2) is 0 Å². The van der Waals surface area contributed by atoms with E-state index < -0.39 is 38.6 Å². The van der Waals surface area contributed by atoms with Crippen LogP contribution in [0.2, 0.25) is 0 Å². The third-order valence-electron chi connectivity index (χ3n) is 3.11. The Morgan fingerprint density at radius 3 is 2.42 bits per heavy atom. The predicted molar refractivity (Wildman–Crippen MR) is 82.8 cm³/mol. The zero-order valence-corrected chi connectivity index (χ0v) is 14.1. The molecule has 6 nitrogen and oxygen atoms in total. The maximum atomic E-state index is 12.9. The van der Waals surface area contributed by atoms with Gasteiger partial charge >= 0.3 is 6.18 Å². The molecule has 0 aromatic heterocycles. The summed E-state index contributed by atoms with van der Waals surface area (Å²) >= 11 is 0. The number of hydrogen-bond donors (Lipinski definition) is 3. The van der Waals surface area contributed by atoms with E-state index in [9.17, 15) is 26.4 Å². The van der Waals surface area contributed by atoms with Gasteiger partial charge in [-0.05, 0) is 39.1 Å². The van der Waals surface area contributed by atoms with E-state index in [1.54, 1.807) is 7.05 Å². The van der Waals surface area contributed by atoms with Crippen molar-refractivity contribution in [2.45, 2.75) is 30.5 Å². The van der Waals surface area contributed by atoms with E-state index >= 15 is 0 Å². The van der Waals surface area contributed by atoms with Crippen molar-refractivity contribution in [3.05, 3.63) is 29.8 Å². The van der Waals surface area contributed by atoms with Gasteiger partial charge in [-0.2, -0.15) is 17.9 Å². The Bertz CT molecular complexity index is 663. The minimum atomic E-state index is -4.82. The van der Waals surface area contributed by atoms with Crippen LogP contribution in [0.25, 0.3) is 0 Å². The van der Waals surface area contributed by atoms with E-state index in [0.717, 1.165) is 12.1 Å². The molecule has 1 aromatic rings. The van der Waals surface area contributed by atoms with Crippen LogP contribution in [0.1, 0.15) is 18.9 Å². The summed E-state index contributed by atoms with van der Waals surface area (Å²) in [4.78, 5) is 10.9. The maximum Gasteiger partial charge on any atom is 0.417 e. The lowest BCUT2D eigenvalue weighted by Crippen LogP contribution is -2.45. The highest BCUT2D eigenvalue weighted by molar-refractivity contribution is 7.89. The molecule has 0 spiro atoms. The molecule has 1 amide bonds. The van der Waals surface area contributed by atoms with Crippen molar-refractivity contribution in [3.63, 3.8) is 0 Å². The monoisotopic (exact) mass is 367 g/mol. The number of amides is 1. The first kappa shape index (κ1) is 20.4. The van der Waals surface area contributed by atoms with Crippen LogP contribution in [-0.4, -0.2) is 40.5 Å². The highest BCUT2D eigenvalue weighted by atomic mass is 32.2. The molecule has 1 unspecified atom stereocenters. The Kier molecular flexibility index (Phi) is 7.18. The lowest BCUT2D eigenvalue weighted by Gasteiger charge is -2.17. The predicted octanol–water partition coefficient (Wildman–Crippen LogP) is 1.10. The quantitative estimate of drug-likeness (QED) is 0.601. The van der Waals surface area contributed by atoms with Crippen LogP contribution in [0, 0.1) is 0 Å². The highest BCUT2D eigenvalue weighted by Crippen LogP contribution is 2.33. The fourth-order valence-corrected chi connectivity index (χ4v) is 3.35. The van der Waals surface area contributed by atoms with Crippen molar-refractivity contribution in [1.29, 1.82) is 0 Å². The van der Waals surface area contributed by atoms with Crippen LogP contribution in [0.5, 0.6) is 0 Å². The summed E-state index contributed by atoms with van der Waals surface area (Å²) in [6, 6.07) is 2.61. The number of carbonyl (C=O) groups excluding carboxylic acids is 1. The SMILES string of the molecule is CNCCCNC(=O)C(C)NS(=O)(=O)c1ccccc1C(F)(F)F. The minimum absolute atomic E-state index is 0.324. The number of alkyl halides is 3. The number of halogens is 3. The second-order valence-corrected chi connectivity index (χ2v) is 6.77. The third kappa shape index (κ3) is 5.77. The summed E-state index contributed by atoms with van der Waals surface area (Å²) in [6.45, 7) is 2.26. The lowest BCUT2D eigenvalue weighted by molar-refractivity contribution is -0.139. The molecule has 10 heteroatoms. The molecule has 0 saturated carbocycles. The molecule has 1 rings (SSSR count). The fraction of sp³-hybridized carbons (Fsp3) is 0.500. The van der Waals surface area contributed by atoms with E-state index in [4.69, 9.17) is 0 Å². The molecular formula is C14H20F3N3O3S. The van der Waals surface area contributed by atoms with Crippen LogP contribution in [0.15, 0.2) is 29.2 Å². The van der Waals surface area contributed by atoms with Crippen LogP contribution in [-0.2, 0) is 21.0 Å². The Morgan fingerprint density at radius 1 is 1.21 bits per heavy atom. The number of carbonyl (C=O) groups is 1. The van der Waals surface area contributed by atoms with Crippen molar-refractivity contribution in [2.75, 3.05) is 20.1 Å². The fourth-order valence-electron chi connectivity index (χ4n) is 1.91. The minimum Gasteiger partial charge on any atom is -0.355 e. The molecule has 0 saturated heterocycles.